The lowest BCUT2D eigenvalue weighted by atomic mass is 9.89. The van der Waals surface area contributed by atoms with E-state index in [9.17, 15) is 8.78 Å². The van der Waals surface area contributed by atoms with Gasteiger partial charge in [0.1, 0.15) is 0 Å². The molecule has 2 rings (SSSR count). The molecule has 0 aromatic heterocycles. The summed E-state index contributed by atoms with van der Waals surface area (Å²) >= 11 is 0. The van der Waals surface area contributed by atoms with E-state index in [0.717, 1.165) is 24.9 Å². The van der Waals surface area contributed by atoms with Gasteiger partial charge in [-0.1, -0.05) is 18.2 Å². The van der Waals surface area contributed by atoms with Crippen molar-refractivity contribution in [1.29, 1.82) is 0 Å². The first-order valence-electron chi connectivity index (χ1n) is 6.90. The zero-order valence-electron chi connectivity index (χ0n) is 11.5. The third-order valence-corrected chi connectivity index (χ3v) is 3.88. The number of nitrogens with zero attached hydrogens (tertiary/aromatic N) is 1. The highest BCUT2D eigenvalue weighted by atomic mass is 19.3. The minimum absolute atomic E-state index is 0.0177. The summed E-state index contributed by atoms with van der Waals surface area (Å²) in [5, 5.41) is 0. The van der Waals surface area contributed by atoms with E-state index >= 15 is 0 Å². The highest BCUT2D eigenvalue weighted by molar-refractivity contribution is 5.28. The number of hydrogen-bond donors (Lipinski definition) is 1. The molecule has 0 spiro atoms. The molecule has 2 unspecified atom stereocenters. The van der Waals surface area contributed by atoms with Crippen LogP contribution in [-0.2, 0) is 0 Å². The van der Waals surface area contributed by atoms with Crippen molar-refractivity contribution in [2.45, 2.75) is 51.2 Å². The maximum atomic E-state index is 12.8. The smallest absolute Gasteiger partial charge is 0.263 e. The molecule has 1 aromatic carbocycles. The first-order chi connectivity index (χ1) is 9.00. The average Bonchev–Trinajstić information content (AvgIpc) is 2.38. The number of alkyl halides is 2. The van der Waals surface area contributed by atoms with Crippen LogP contribution in [0.15, 0.2) is 24.3 Å². The molecule has 2 nitrogen and oxygen atoms in total. The molecule has 0 saturated carbocycles. The first kappa shape index (κ1) is 14.4. The van der Waals surface area contributed by atoms with Crippen LogP contribution in [0.25, 0.3) is 0 Å². The Bertz CT molecular complexity index is 420. The summed E-state index contributed by atoms with van der Waals surface area (Å²) in [6, 6.07) is 7.13. The molecule has 1 heterocycles. The minimum atomic E-state index is -2.42. The van der Waals surface area contributed by atoms with Gasteiger partial charge in [0.15, 0.2) is 0 Å². The number of rotatable bonds is 3. The van der Waals surface area contributed by atoms with E-state index in [2.05, 4.69) is 18.7 Å². The van der Waals surface area contributed by atoms with Gasteiger partial charge in [-0.25, -0.2) is 8.78 Å². The maximum Gasteiger partial charge on any atom is 0.263 e. The van der Waals surface area contributed by atoms with Crippen molar-refractivity contribution in [3.8, 4) is 0 Å². The van der Waals surface area contributed by atoms with Crippen LogP contribution in [0.4, 0.5) is 8.78 Å². The van der Waals surface area contributed by atoms with Crippen LogP contribution >= 0.6 is 0 Å². The molecular weight excluding hydrogens is 246 g/mol. The van der Waals surface area contributed by atoms with Gasteiger partial charge >= 0.3 is 0 Å². The molecule has 1 aliphatic heterocycles. The van der Waals surface area contributed by atoms with Gasteiger partial charge in [0, 0.05) is 17.6 Å². The summed E-state index contributed by atoms with van der Waals surface area (Å²) in [4.78, 5) is 2.32. The summed E-state index contributed by atoms with van der Waals surface area (Å²) < 4.78 is 25.6. The van der Waals surface area contributed by atoms with Crippen LogP contribution in [0.3, 0.4) is 0 Å². The topological polar surface area (TPSA) is 29.3 Å². The third-order valence-electron chi connectivity index (χ3n) is 3.88. The van der Waals surface area contributed by atoms with Gasteiger partial charge in [0.05, 0.1) is 6.04 Å². The van der Waals surface area contributed by atoms with E-state index in [4.69, 9.17) is 5.73 Å². The summed E-state index contributed by atoms with van der Waals surface area (Å²) in [6.07, 6.45) is -0.399. The Morgan fingerprint density at radius 2 is 2.05 bits per heavy atom. The largest absolute Gasteiger partial charge is 0.326 e. The zero-order valence-corrected chi connectivity index (χ0v) is 11.5. The fraction of sp³-hybridized carbons (Fsp3) is 0.600. The van der Waals surface area contributed by atoms with Gasteiger partial charge < -0.3 is 5.73 Å². The van der Waals surface area contributed by atoms with Gasteiger partial charge in [-0.05, 0) is 44.9 Å². The molecule has 106 valence electrons. The van der Waals surface area contributed by atoms with Crippen LogP contribution in [0.5, 0.6) is 0 Å². The normalized spacial score (nSPS) is 25.2. The Balaban J connectivity index is 2.33. The Morgan fingerprint density at radius 1 is 1.32 bits per heavy atom. The second-order valence-corrected chi connectivity index (χ2v) is 5.55. The molecule has 1 fully saturated rings. The molecule has 2 atom stereocenters. The number of piperidine rings is 1. The summed E-state index contributed by atoms with van der Waals surface area (Å²) in [7, 11) is 0. The standard InChI is InChI=1S/C15H22F2N2/c1-10(2)19-8-4-7-13(18)14(19)11-5-3-6-12(9-11)15(16)17/h3,5-6,9-10,13-15H,4,7-8,18H2,1-2H3. The number of nitrogens with two attached hydrogens (primary N) is 1. The van der Waals surface area contributed by atoms with Crippen LogP contribution in [0, 0.1) is 0 Å². The summed E-state index contributed by atoms with van der Waals surface area (Å²) in [6.45, 7) is 5.24. The Morgan fingerprint density at radius 3 is 2.68 bits per heavy atom. The lowest BCUT2D eigenvalue weighted by Gasteiger charge is -2.42. The lowest BCUT2D eigenvalue weighted by Crippen LogP contribution is -2.48. The molecule has 1 aromatic rings. The molecular formula is C15H22F2N2. The van der Waals surface area contributed by atoms with Gasteiger partial charge in [-0.3, -0.25) is 4.90 Å². The first-order valence-corrected chi connectivity index (χ1v) is 6.90. The predicted molar refractivity (Wildman–Crippen MR) is 73.2 cm³/mol. The highest BCUT2D eigenvalue weighted by Crippen LogP contribution is 2.33. The number of benzene rings is 1. The van der Waals surface area contributed by atoms with Crippen molar-refractivity contribution in [2.75, 3.05) is 6.54 Å². The second kappa shape index (κ2) is 5.97. The molecule has 1 aliphatic rings. The number of likely N-dealkylation sites (tertiary alicyclic amines) is 1. The minimum Gasteiger partial charge on any atom is -0.326 e. The number of halogens is 2. The van der Waals surface area contributed by atoms with E-state index < -0.39 is 6.43 Å². The fourth-order valence-corrected chi connectivity index (χ4v) is 2.95. The summed E-state index contributed by atoms with van der Waals surface area (Å²) in [5.74, 6) is 0. The van der Waals surface area contributed by atoms with Crippen LogP contribution in [0.1, 0.15) is 50.3 Å². The van der Waals surface area contributed by atoms with Crippen molar-refractivity contribution < 1.29 is 8.78 Å². The van der Waals surface area contributed by atoms with Crippen LogP contribution < -0.4 is 5.73 Å². The van der Waals surface area contributed by atoms with Crippen molar-refractivity contribution in [3.63, 3.8) is 0 Å². The SMILES string of the molecule is CC(C)N1CCCC(N)C1c1cccc(C(F)F)c1. The average molecular weight is 268 g/mol. The van der Waals surface area contributed by atoms with E-state index in [-0.39, 0.29) is 17.6 Å². The van der Waals surface area contributed by atoms with Crippen LogP contribution in [-0.4, -0.2) is 23.5 Å². The van der Waals surface area contributed by atoms with Crippen molar-refractivity contribution in [1.82, 2.24) is 4.90 Å². The molecule has 2 N–H and O–H groups in total. The van der Waals surface area contributed by atoms with E-state index in [1.54, 1.807) is 12.1 Å². The Kier molecular flexibility index (Phi) is 4.53. The molecule has 1 saturated heterocycles. The van der Waals surface area contributed by atoms with Gasteiger partial charge in [-0.2, -0.15) is 0 Å². The third kappa shape index (κ3) is 3.12. The number of hydrogen-bond acceptors (Lipinski definition) is 2. The molecule has 0 amide bonds. The quantitative estimate of drug-likeness (QED) is 0.909. The Labute approximate surface area is 113 Å². The molecule has 0 bridgehead atoms. The zero-order chi connectivity index (χ0) is 14.0. The lowest BCUT2D eigenvalue weighted by molar-refractivity contribution is 0.0942. The Hall–Kier alpha value is -1.00. The highest BCUT2D eigenvalue weighted by Gasteiger charge is 2.32. The van der Waals surface area contributed by atoms with E-state index in [1.165, 1.54) is 6.07 Å². The molecule has 19 heavy (non-hydrogen) atoms. The second-order valence-electron chi connectivity index (χ2n) is 5.55. The van der Waals surface area contributed by atoms with Gasteiger partial charge in [-0.15, -0.1) is 0 Å². The summed E-state index contributed by atoms with van der Waals surface area (Å²) in [5.41, 5.74) is 7.23. The van der Waals surface area contributed by atoms with Gasteiger partial charge in [0.2, 0.25) is 0 Å². The maximum absolute atomic E-state index is 12.8. The predicted octanol–water partition coefficient (Wildman–Crippen LogP) is 3.50. The van der Waals surface area contributed by atoms with Crippen molar-refractivity contribution >= 4 is 0 Å². The van der Waals surface area contributed by atoms with E-state index in [0.29, 0.717) is 6.04 Å². The van der Waals surface area contributed by atoms with Crippen molar-refractivity contribution in [2.24, 2.45) is 5.73 Å². The molecule has 0 radical (unpaired) electrons. The van der Waals surface area contributed by atoms with Crippen molar-refractivity contribution in [3.05, 3.63) is 35.4 Å². The fourth-order valence-electron chi connectivity index (χ4n) is 2.95. The van der Waals surface area contributed by atoms with Crippen LogP contribution in [0.2, 0.25) is 0 Å². The molecule has 0 aliphatic carbocycles. The molecule has 4 heteroatoms. The monoisotopic (exact) mass is 268 g/mol. The van der Waals surface area contributed by atoms with E-state index in [1.807, 2.05) is 6.07 Å². The van der Waals surface area contributed by atoms with Gasteiger partial charge in [0.25, 0.3) is 6.43 Å².